The lowest BCUT2D eigenvalue weighted by molar-refractivity contribution is 0.0948. The van der Waals surface area contributed by atoms with Crippen LogP contribution in [0.4, 0.5) is 10.1 Å². The van der Waals surface area contributed by atoms with Crippen LogP contribution in [0.1, 0.15) is 10.5 Å². The number of halogens is 1. The third-order valence-electron chi connectivity index (χ3n) is 2.46. The van der Waals surface area contributed by atoms with Gasteiger partial charge in [0, 0.05) is 16.3 Å². The number of hydrogen-bond donors (Lipinski definition) is 3. The van der Waals surface area contributed by atoms with E-state index in [-0.39, 0.29) is 11.5 Å². The molecule has 20 heavy (non-hydrogen) atoms. The summed E-state index contributed by atoms with van der Waals surface area (Å²) in [6, 6.07) is 4.22. The predicted molar refractivity (Wildman–Crippen MR) is 73.2 cm³/mol. The van der Waals surface area contributed by atoms with Crippen LogP contribution >= 0.6 is 11.8 Å². The molecule has 0 aliphatic heterocycles. The number of rotatable bonds is 5. The number of hydrazine groups is 1. The van der Waals surface area contributed by atoms with Crippen LogP contribution in [-0.2, 0) is 6.54 Å². The standard InChI is InChI=1S/C11H13FN6OS/c12-7-1-2-8(13)10(5-7)20-4-3-18-6-9(16-17-18)11(19)15-14/h1-2,5-6H,3-4,13-14H2,(H,15,19). The minimum absolute atomic E-state index is 0.141. The number of nitrogens with zero attached hydrogens (tertiary/aromatic N) is 3. The van der Waals surface area contributed by atoms with E-state index in [9.17, 15) is 9.18 Å². The first-order chi connectivity index (χ1) is 9.60. The van der Waals surface area contributed by atoms with Crippen molar-refractivity contribution in [2.75, 3.05) is 11.5 Å². The molecule has 7 nitrogen and oxygen atoms in total. The van der Waals surface area contributed by atoms with Crippen molar-refractivity contribution in [3.8, 4) is 0 Å². The summed E-state index contributed by atoms with van der Waals surface area (Å²) in [4.78, 5) is 11.9. The van der Waals surface area contributed by atoms with Gasteiger partial charge >= 0.3 is 0 Å². The third kappa shape index (κ3) is 3.45. The zero-order valence-electron chi connectivity index (χ0n) is 10.4. The normalized spacial score (nSPS) is 10.5. The number of benzene rings is 1. The molecule has 0 aliphatic rings. The summed E-state index contributed by atoms with van der Waals surface area (Å²) in [6.45, 7) is 0.505. The minimum atomic E-state index is -0.502. The van der Waals surface area contributed by atoms with Crippen LogP contribution in [0, 0.1) is 5.82 Å². The van der Waals surface area contributed by atoms with Crippen LogP contribution in [0.15, 0.2) is 29.3 Å². The van der Waals surface area contributed by atoms with Crippen LogP contribution in [0.5, 0.6) is 0 Å². The van der Waals surface area contributed by atoms with Gasteiger partial charge in [-0.3, -0.25) is 14.9 Å². The Morgan fingerprint density at radius 3 is 3.05 bits per heavy atom. The van der Waals surface area contributed by atoms with Gasteiger partial charge in [0.05, 0.1) is 12.7 Å². The molecule has 5 N–H and O–H groups in total. The van der Waals surface area contributed by atoms with E-state index in [2.05, 4.69) is 10.3 Å². The van der Waals surface area contributed by atoms with Gasteiger partial charge < -0.3 is 5.73 Å². The molecule has 1 amide bonds. The van der Waals surface area contributed by atoms with Gasteiger partial charge in [0.2, 0.25) is 0 Å². The molecule has 0 atom stereocenters. The summed E-state index contributed by atoms with van der Waals surface area (Å²) >= 11 is 1.40. The first-order valence-corrected chi connectivity index (χ1v) is 6.67. The number of aryl methyl sites for hydroxylation is 1. The van der Waals surface area contributed by atoms with Gasteiger partial charge in [0.25, 0.3) is 5.91 Å². The molecule has 0 bridgehead atoms. The maximum Gasteiger partial charge on any atom is 0.287 e. The minimum Gasteiger partial charge on any atom is -0.398 e. The topological polar surface area (TPSA) is 112 Å². The molecule has 0 saturated heterocycles. The van der Waals surface area contributed by atoms with Gasteiger partial charge in [-0.2, -0.15) is 0 Å². The maximum absolute atomic E-state index is 13.1. The van der Waals surface area contributed by atoms with Gasteiger partial charge in [-0.1, -0.05) is 5.21 Å². The van der Waals surface area contributed by atoms with E-state index < -0.39 is 5.91 Å². The molecule has 0 aliphatic carbocycles. The van der Waals surface area contributed by atoms with Crippen molar-refractivity contribution in [2.24, 2.45) is 5.84 Å². The molecule has 2 aromatic rings. The number of aromatic nitrogens is 3. The Balaban J connectivity index is 1.91. The van der Waals surface area contributed by atoms with Gasteiger partial charge in [-0.15, -0.1) is 16.9 Å². The fourth-order valence-electron chi connectivity index (χ4n) is 1.47. The average Bonchev–Trinajstić information content (AvgIpc) is 2.90. The van der Waals surface area contributed by atoms with Crippen molar-refractivity contribution in [3.63, 3.8) is 0 Å². The monoisotopic (exact) mass is 296 g/mol. The fourth-order valence-corrected chi connectivity index (χ4v) is 2.40. The number of nitrogen functional groups attached to an aromatic ring is 2. The number of hydrogen-bond acceptors (Lipinski definition) is 6. The van der Waals surface area contributed by atoms with E-state index in [4.69, 9.17) is 11.6 Å². The largest absolute Gasteiger partial charge is 0.398 e. The molecule has 0 radical (unpaired) electrons. The highest BCUT2D eigenvalue weighted by Crippen LogP contribution is 2.25. The van der Waals surface area contributed by atoms with Crippen molar-refractivity contribution >= 4 is 23.4 Å². The number of carbonyl (C=O) groups is 1. The van der Waals surface area contributed by atoms with Gasteiger partial charge in [-0.25, -0.2) is 10.2 Å². The summed E-state index contributed by atoms with van der Waals surface area (Å²) in [6.07, 6.45) is 1.48. The van der Waals surface area contributed by atoms with Crippen LogP contribution in [0.25, 0.3) is 0 Å². The van der Waals surface area contributed by atoms with Gasteiger partial charge in [-0.05, 0) is 18.2 Å². The summed E-state index contributed by atoms with van der Waals surface area (Å²) in [5.74, 6) is 4.77. The highest BCUT2D eigenvalue weighted by molar-refractivity contribution is 7.99. The lowest BCUT2D eigenvalue weighted by Gasteiger charge is -2.05. The Morgan fingerprint density at radius 2 is 2.30 bits per heavy atom. The maximum atomic E-state index is 13.1. The number of nitrogens with one attached hydrogen (secondary N) is 1. The number of anilines is 1. The zero-order chi connectivity index (χ0) is 14.5. The average molecular weight is 296 g/mol. The van der Waals surface area contributed by atoms with Crippen LogP contribution in [0.3, 0.4) is 0 Å². The molecule has 106 valence electrons. The summed E-state index contributed by atoms with van der Waals surface area (Å²) < 4.78 is 14.6. The highest BCUT2D eigenvalue weighted by Gasteiger charge is 2.09. The first-order valence-electron chi connectivity index (χ1n) is 5.69. The zero-order valence-corrected chi connectivity index (χ0v) is 11.2. The Hall–Kier alpha value is -2.13. The van der Waals surface area contributed by atoms with E-state index in [0.29, 0.717) is 22.9 Å². The molecule has 1 aromatic heterocycles. The van der Waals surface area contributed by atoms with E-state index in [0.717, 1.165) is 0 Å². The van der Waals surface area contributed by atoms with Crippen LogP contribution in [-0.4, -0.2) is 26.7 Å². The van der Waals surface area contributed by atoms with Crippen molar-refractivity contribution in [1.82, 2.24) is 20.4 Å². The van der Waals surface area contributed by atoms with Crippen molar-refractivity contribution in [2.45, 2.75) is 11.4 Å². The van der Waals surface area contributed by atoms with Crippen LogP contribution < -0.4 is 17.0 Å². The Labute approximate surface area is 118 Å². The summed E-state index contributed by atoms with van der Waals surface area (Å²) in [5.41, 5.74) is 8.38. The van der Waals surface area contributed by atoms with E-state index in [1.54, 1.807) is 0 Å². The molecule has 1 heterocycles. The lowest BCUT2D eigenvalue weighted by atomic mass is 10.3. The second-order valence-electron chi connectivity index (χ2n) is 3.87. The number of thioether (sulfide) groups is 1. The van der Waals surface area contributed by atoms with Crippen molar-refractivity contribution in [1.29, 1.82) is 0 Å². The first kappa shape index (κ1) is 14.3. The van der Waals surface area contributed by atoms with Gasteiger partial charge in [0.15, 0.2) is 5.69 Å². The SMILES string of the molecule is NNC(=O)c1cn(CCSc2cc(F)ccc2N)nn1. The summed E-state index contributed by atoms with van der Waals surface area (Å²) in [7, 11) is 0. The smallest absolute Gasteiger partial charge is 0.287 e. The van der Waals surface area contributed by atoms with Crippen molar-refractivity contribution in [3.05, 3.63) is 35.9 Å². The Morgan fingerprint density at radius 1 is 1.50 bits per heavy atom. The molecule has 9 heteroatoms. The van der Waals surface area contributed by atoms with Gasteiger partial charge in [0.1, 0.15) is 5.82 Å². The Kier molecular flexibility index (Phi) is 4.53. The molecule has 2 rings (SSSR count). The van der Waals surface area contributed by atoms with E-state index in [1.807, 2.05) is 5.43 Å². The quantitative estimate of drug-likeness (QED) is 0.242. The van der Waals surface area contributed by atoms with Crippen molar-refractivity contribution < 1.29 is 9.18 Å². The fraction of sp³-hybridized carbons (Fsp3) is 0.182. The summed E-state index contributed by atoms with van der Waals surface area (Å²) in [5, 5.41) is 7.46. The second-order valence-corrected chi connectivity index (χ2v) is 5.01. The van der Waals surface area contributed by atoms with E-state index >= 15 is 0 Å². The molecular weight excluding hydrogens is 283 g/mol. The van der Waals surface area contributed by atoms with Crippen LogP contribution in [0.2, 0.25) is 0 Å². The molecule has 0 spiro atoms. The number of nitrogens with two attached hydrogens (primary N) is 2. The number of amides is 1. The van der Waals surface area contributed by atoms with E-state index in [1.165, 1.54) is 40.8 Å². The second kappa shape index (κ2) is 6.35. The lowest BCUT2D eigenvalue weighted by Crippen LogP contribution is -2.30. The third-order valence-corrected chi connectivity index (χ3v) is 3.51. The molecular formula is C11H13FN6OS. The molecule has 1 aromatic carbocycles. The predicted octanol–water partition coefficient (Wildman–Crippen LogP) is 0.395. The molecule has 0 fully saturated rings. The highest BCUT2D eigenvalue weighted by atomic mass is 32.2. The molecule has 0 saturated carbocycles. The molecule has 0 unspecified atom stereocenters. The Bertz CT molecular complexity index is 617. The number of carbonyl (C=O) groups excluding carboxylic acids is 1.